The summed E-state index contributed by atoms with van der Waals surface area (Å²) in [6.07, 6.45) is 0. The van der Waals surface area contributed by atoms with E-state index in [0.29, 0.717) is 11.5 Å². The first-order valence-electron chi connectivity index (χ1n) is 19.2. The van der Waals surface area contributed by atoms with Crippen LogP contribution in [0.3, 0.4) is 0 Å². The Morgan fingerprint density at radius 1 is 0.564 bits per heavy atom. The maximum Gasteiger partial charge on any atom is 0.323 e. The van der Waals surface area contributed by atoms with Gasteiger partial charge in [-0.05, 0) is 96.0 Å². The van der Waals surface area contributed by atoms with Crippen molar-refractivity contribution in [2.45, 2.75) is 105 Å². The molecular formula is C49H59N2O3P. The Hall–Kier alpha value is -4.60. The maximum atomic E-state index is 13.8. The molecule has 6 aromatic rings. The van der Waals surface area contributed by atoms with Crippen molar-refractivity contribution in [3.05, 3.63) is 101 Å². The normalized spacial score (nSPS) is 12.8. The van der Waals surface area contributed by atoms with Gasteiger partial charge in [0.15, 0.2) is 0 Å². The van der Waals surface area contributed by atoms with Crippen LogP contribution in [0.4, 0.5) is 4.79 Å². The molecule has 5 nitrogen and oxygen atoms in total. The summed E-state index contributed by atoms with van der Waals surface area (Å²) in [5.74, 6) is 1.39. The highest BCUT2D eigenvalue weighted by atomic mass is 31.0. The second-order valence-electron chi connectivity index (χ2n) is 19.2. The molecule has 6 rings (SSSR count). The van der Waals surface area contributed by atoms with E-state index in [1.807, 2.05) is 18.2 Å². The maximum absolute atomic E-state index is 13.8. The quantitative estimate of drug-likeness (QED) is 0.178. The summed E-state index contributed by atoms with van der Waals surface area (Å²) in [5.41, 5.74) is 18.5. The van der Waals surface area contributed by atoms with Crippen molar-refractivity contribution < 1.29 is 14.3 Å². The van der Waals surface area contributed by atoms with Crippen LogP contribution < -0.4 is 20.5 Å². The van der Waals surface area contributed by atoms with E-state index in [4.69, 9.17) is 15.2 Å². The summed E-state index contributed by atoms with van der Waals surface area (Å²) < 4.78 is 13.8. The number of ether oxygens (including phenoxy) is 2. The summed E-state index contributed by atoms with van der Waals surface area (Å²) in [6.45, 7) is 27.0. The molecule has 0 spiro atoms. The van der Waals surface area contributed by atoms with Gasteiger partial charge in [-0.25, -0.2) is 4.79 Å². The topological polar surface area (TPSA) is 66.5 Å². The monoisotopic (exact) mass is 754 g/mol. The first-order valence-corrected chi connectivity index (χ1v) is 19.8. The zero-order valence-electron chi connectivity index (χ0n) is 35.3. The average molecular weight is 755 g/mol. The first kappa shape index (κ1) is 40.1. The molecule has 0 saturated carbocycles. The largest absolute Gasteiger partial charge is 0.496 e. The SMILES string of the molecule is COc1cccc(OC)c1-c1cc2c3ccc(-c4cc(C(C)(C)C)cc(C(C)(C)C)c4)cc3n(C(N)=O)c2c(P)c1-c1cc(C(C)(C)C)cc(C(C)(C)C)c1. The number of methoxy groups -OCH3 is 2. The Bertz CT molecular complexity index is 2390. The third-order valence-electron chi connectivity index (χ3n) is 11.0. The molecule has 2 N–H and O–H groups in total. The van der Waals surface area contributed by atoms with Crippen LogP contribution in [0.25, 0.3) is 55.2 Å². The molecule has 1 aromatic heterocycles. The lowest BCUT2D eigenvalue weighted by atomic mass is 9.78. The minimum absolute atomic E-state index is 0.0416. The molecule has 0 bridgehead atoms. The zero-order chi connectivity index (χ0) is 40.6. The van der Waals surface area contributed by atoms with Crippen LogP contribution in [0.1, 0.15) is 105 Å². The van der Waals surface area contributed by atoms with E-state index in [1.54, 1.807) is 18.8 Å². The molecule has 0 aliphatic rings. The van der Waals surface area contributed by atoms with Gasteiger partial charge in [-0.15, -0.1) is 9.24 Å². The number of aromatic nitrogens is 1. The lowest BCUT2D eigenvalue weighted by Gasteiger charge is -2.27. The molecule has 288 valence electrons. The molecule has 0 aliphatic heterocycles. The molecule has 1 amide bonds. The Morgan fingerprint density at radius 3 is 1.44 bits per heavy atom. The van der Waals surface area contributed by atoms with E-state index >= 15 is 0 Å². The van der Waals surface area contributed by atoms with Crippen LogP contribution in [0, 0.1) is 0 Å². The van der Waals surface area contributed by atoms with Gasteiger partial charge < -0.3 is 15.2 Å². The van der Waals surface area contributed by atoms with Crippen molar-refractivity contribution in [2.75, 3.05) is 14.2 Å². The van der Waals surface area contributed by atoms with Gasteiger partial charge in [0.25, 0.3) is 0 Å². The fraction of sp³-hybridized carbons (Fsp3) is 0.367. The third kappa shape index (κ3) is 7.41. The Labute approximate surface area is 330 Å². The predicted molar refractivity (Wildman–Crippen MR) is 238 cm³/mol. The summed E-state index contributed by atoms with van der Waals surface area (Å²) in [6, 6.07) is 27.8. The number of fused-ring (bicyclic) bond motifs is 3. The van der Waals surface area contributed by atoms with E-state index in [0.717, 1.165) is 60.5 Å². The number of benzene rings is 5. The van der Waals surface area contributed by atoms with Gasteiger partial charge in [0, 0.05) is 16.1 Å². The molecule has 5 aromatic carbocycles. The van der Waals surface area contributed by atoms with E-state index in [-0.39, 0.29) is 21.7 Å². The van der Waals surface area contributed by atoms with Crippen LogP contribution in [-0.2, 0) is 21.7 Å². The van der Waals surface area contributed by atoms with E-state index in [1.165, 1.54) is 22.3 Å². The lowest BCUT2D eigenvalue weighted by Crippen LogP contribution is -2.22. The number of nitrogens with zero attached hydrogens (tertiary/aromatic N) is 1. The lowest BCUT2D eigenvalue weighted by molar-refractivity contribution is 0.252. The average Bonchev–Trinajstić information content (AvgIpc) is 3.43. The number of primary amides is 1. The number of hydrogen-bond acceptors (Lipinski definition) is 3. The minimum atomic E-state index is -0.535. The minimum Gasteiger partial charge on any atom is -0.496 e. The molecule has 0 radical (unpaired) electrons. The molecule has 0 saturated heterocycles. The van der Waals surface area contributed by atoms with Crippen molar-refractivity contribution >= 4 is 42.4 Å². The standard InChI is InChI=1S/C49H59N2O3P/c1-46(2,3)31-20-29(21-32(25-31)47(4,5)6)28-18-19-35-36-27-37(42-39(53-13)16-15-17-40(42)54-14)41(44(55)43(36)51(45(50)52)38(35)24-28)30-22-33(48(7,8)9)26-34(23-30)49(10,11)12/h15-27H,55H2,1-14H3,(H2,50,52). The molecular weight excluding hydrogens is 696 g/mol. The number of amides is 1. The smallest absolute Gasteiger partial charge is 0.323 e. The summed E-state index contributed by atoms with van der Waals surface area (Å²) >= 11 is 0. The molecule has 1 atom stereocenters. The highest BCUT2D eigenvalue weighted by molar-refractivity contribution is 7.29. The number of rotatable bonds is 5. The van der Waals surface area contributed by atoms with E-state index in [2.05, 4.69) is 153 Å². The van der Waals surface area contributed by atoms with Crippen molar-refractivity contribution in [2.24, 2.45) is 5.73 Å². The molecule has 0 fully saturated rings. The summed E-state index contributed by atoms with van der Waals surface area (Å²) in [5, 5.41) is 2.72. The van der Waals surface area contributed by atoms with Crippen molar-refractivity contribution in [1.82, 2.24) is 4.57 Å². The van der Waals surface area contributed by atoms with E-state index < -0.39 is 6.03 Å². The third-order valence-corrected chi connectivity index (χ3v) is 11.5. The Kier molecular flexibility index (Phi) is 10.1. The first-order chi connectivity index (χ1) is 25.4. The van der Waals surface area contributed by atoms with Gasteiger partial charge in [-0.2, -0.15) is 0 Å². The van der Waals surface area contributed by atoms with E-state index in [9.17, 15) is 4.79 Å². The van der Waals surface area contributed by atoms with Gasteiger partial charge >= 0.3 is 6.03 Å². The van der Waals surface area contributed by atoms with Crippen molar-refractivity contribution in [3.63, 3.8) is 0 Å². The molecule has 1 unspecified atom stereocenters. The molecule has 6 heteroatoms. The number of carbonyl (C=O) groups is 1. The molecule has 1 heterocycles. The highest BCUT2D eigenvalue weighted by Gasteiger charge is 2.28. The van der Waals surface area contributed by atoms with Gasteiger partial charge in [0.05, 0.1) is 30.8 Å². The van der Waals surface area contributed by atoms with Gasteiger partial charge in [-0.3, -0.25) is 4.57 Å². The Balaban J connectivity index is 1.79. The van der Waals surface area contributed by atoms with Gasteiger partial charge in [0.2, 0.25) is 0 Å². The number of hydrogen-bond donors (Lipinski definition) is 1. The van der Waals surface area contributed by atoms with Crippen molar-refractivity contribution in [1.29, 1.82) is 0 Å². The Morgan fingerprint density at radius 2 is 1.02 bits per heavy atom. The number of nitrogens with two attached hydrogens (primary N) is 1. The second kappa shape index (κ2) is 13.9. The predicted octanol–water partition coefficient (Wildman–Crippen LogP) is 12.4. The van der Waals surface area contributed by atoms with Crippen molar-refractivity contribution in [3.8, 4) is 44.9 Å². The fourth-order valence-corrected chi connectivity index (χ4v) is 8.14. The van der Waals surface area contributed by atoms with Crippen LogP contribution in [0.15, 0.2) is 78.9 Å². The second-order valence-corrected chi connectivity index (χ2v) is 19.7. The van der Waals surface area contributed by atoms with Crippen LogP contribution in [-0.4, -0.2) is 24.8 Å². The van der Waals surface area contributed by atoms with Crippen LogP contribution >= 0.6 is 9.24 Å². The highest BCUT2D eigenvalue weighted by Crippen LogP contribution is 2.47. The molecule has 55 heavy (non-hydrogen) atoms. The summed E-state index contributed by atoms with van der Waals surface area (Å²) in [7, 11) is 6.39. The van der Waals surface area contributed by atoms with Gasteiger partial charge in [-0.1, -0.05) is 138 Å². The number of carbonyl (C=O) groups excluding carboxylic acids is 1. The van der Waals surface area contributed by atoms with Crippen LogP contribution in [0.2, 0.25) is 0 Å². The summed E-state index contributed by atoms with van der Waals surface area (Å²) in [4.78, 5) is 13.8. The molecule has 0 aliphatic carbocycles. The van der Waals surface area contributed by atoms with Crippen LogP contribution in [0.5, 0.6) is 11.5 Å². The zero-order valence-corrected chi connectivity index (χ0v) is 36.5. The van der Waals surface area contributed by atoms with Gasteiger partial charge in [0.1, 0.15) is 11.5 Å². The fourth-order valence-electron chi connectivity index (χ4n) is 7.54.